The highest BCUT2D eigenvalue weighted by atomic mass is 32.1. The Labute approximate surface area is 93.0 Å². The smallest absolute Gasteiger partial charge is 0.148 e. The fourth-order valence-electron chi connectivity index (χ4n) is 1.58. The summed E-state index contributed by atoms with van der Waals surface area (Å²) in [5, 5.41) is 5.17. The van der Waals surface area contributed by atoms with Gasteiger partial charge in [0.25, 0.3) is 0 Å². The molecule has 0 aromatic carbocycles. The Morgan fingerprint density at radius 3 is 2.67 bits per heavy atom. The van der Waals surface area contributed by atoms with Crippen molar-refractivity contribution in [3.05, 3.63) is 11.4 Å². The standard InChI is InChI=1S/C10H16N4S/c1-6(2)13(3)14-9(12)8(11)7-4-5-15-10(7)14/h4-6H,11-12H2,1-3H3. The van der Waals surface area contributed by atoms with Crippen molar-refractivity contribution < 1.29 is 0 Å². The van der Waals surface area contributed by atoms with Gasteiger partial charge < -0.3 is 16.5 Å². The van der Waals surface area contributed by atoms with Gasteiger partial charge >= 0.3 is 0 Å². The molecule has 0 unspecified atom stereocenters. The van der Waals surface area contributed by atoms with Gasteiger partial charge in [-0.1, -0.05) is 0 Å². The van der Waals surface area contributed by atoms with E-state index in [1.165, 1.54) is 0 Å². The van der Waals surface area contributed by atoms with Gasteiger partial charge in [-0.25, -0.2) is 4.68 Å². The van der Waals surface area contributed by atoms with E-state index in [9.17, 15) is 0 Å². The molecule has 0 radical (unpaired) electrons. The second kappa shape index (κ2) is 3.34. The second-order valence-electron chi connectivity index (χ2n) is 3.92. The number of hydrogen-bond donors (Lipinski definition) is 2. The molecular formula is C10H16N4S. The molecule has 4 nitrogen and oxygen atoms in total. The average Bonchev–Trinajstić information content (AvgIpc) is 2.72. The van der Waals surface area contributed by atoms with E-state index in [-0.39, 0.29) is 0 Å². The predicted molar refractivity (Wildman–Crippen MR) is 67.9 cm³/mol. The molecule has 0 aliphatic rings. The van der Waals surface area contributed by atoms with Gasteiger partial charge in [0.1, 0.15) is 10.6 Å². The second-order valence-corrected chi connectivity index (χ2v) is 4.81. The first-order valence-electron chi connectivity index (χ1n) is 4.90. The quantitative estimate of drug-likeness (QED) is 0.818. The Bertz CT molecular complexity index is 483. The fourth-order valence-corrected chi connectivity index (χ4v) is 2.54. The maximum Gasteiger partial charge on any atom is 0.148 e. The number of anilines is 2. The maximum atomic E-state index is 6.00. The van der Waals surface area contributed by atoms with Crippen LogP contribution < -0.4 is 16.5 Å². The molecule has 0 aliphatic heterocycles. The summed E-state index contributed by atoms with van der Waals surface area (Å²) in [5.74, 6) is 0.632. The van der Waals surface area contributed by atoms with Crippen molar-refractivity contribution in [3.8, 4) is 0 Å². The summed E-state index contributed by atoms with van der Waals surface area (Å²) in [6, 6.07) is 2.39. The van der Waals surface area contributed by atoms with Crippen molar-refractivity contribution in [3.63, 3.8) is 0 Å². The van der Waals surface area contributed by atoms with Crippen LogP contribution in [0.4, 0.5) is 11.5 Å². The molecule has 0 saturated carbocycles. The molecule has 0 bridgehead atoms. The zero-order chi connectivity index (χ0) is 11.2. The van der Waals surface area contributed by atoms with Gasteiger partial charge in [0.15, 0.2) is 0 Å². The minimum atomic E-state index is 0.379. The third kappa shape index (κ3) is 1.34. The molecule has 2 aromatic rings. The number of rotatable bonds is 2. The molecule has 0 saturated heterocycles. The monoisotopic (exact) mass is 224 g/mol. The van der Waals surface area contributed by atoms with Crippen molar-refractivity contribution in [2.75, 3.05) is 23.5 Å². The van der Waals surface area contributed by atoms with Gasteiger partial charge in [0, 0.05) is 18.5 Å². The Morgan fingerprint density at radius 1 is 1.40 bits per heavy atom. The molecule has 0 aliphatic carbocycles. The van der Waals surface area contributed by atoms with Crippen molar-refractivity contribution in [2.45, 2.75) is 19.9 Å². The lowest BCUT2D eigenvalue weighted by Crippen LogP contribution is -2.36. The lowest BCUT2D eigenvalue weighted by molar-refractivity contribution is 0.595. The fraction of sp³-hybridized carbons (Fsp3) is 0.400. The van der Waals surface area contributed by atoms with Crippen LogP contribution in [0.15, 0.2) is 11.4 Å². The van der Waals surface area contributed by atoms with E-state index in [1.807, 2.05) is 23.2 Å². The van der Waals surface area contributed by atoms with E-state index >= 15 is 0 Å². The number of fused-ring (bicyclic) bond motifs is 1. The highest BCUT2D eigenvalue weighted by Crippen LogP contribution is 2.34. The highest BCUT2D eigenvalue weighted by molar-refractivity contribution is 7.17. The van der Waals surface area contributed by atoms with Crippen LogP contribution in [0.5, 0.6) is 0 Å². The molecule has 82 valence electrons. The van der Waals surface area contributed by atoms with Crippen LogP contribution >= 0.6 is 11.3 Å². The van der Waals surface area contributed by atoms with Crippen LogP contribution in [-0.4, -0.2) is 17.8 Å². The van der Waals surface area contributed by atoms with Gasteiger partial charge in [-0.3, -0.25) is 0 Å². The van der Waals surface area contributed by atoms with E-state index in [0.717, 1.165) is 10.2 Å². The molecule has 15 heavy (non-hydrogen) atoms. The third-order valence-corrected chi connectivity index (χ3v) is 3.58. The largest absolute Gasteiger partial charge is 0.395 e. The molecule has 0 atom stereocenters. The van der Waals surface area contributed by atoms with E-state index < -0.39 is 0 Å². The lowest BCUT2D eigenvalue weighted by Gasteiger charge is -2.26. The van der Waals surface area contributed by atoms with Crippen molar-refractivity contribution >= 4 is 33.1 Å². The number of nitrogens with zero attached hydrogens (tertiary/aromatic N) is 2. The summed E-state index contributed by atoms with van der Waals surface area (Å²) >= 11 is 1.66. The van der Waals surface area contributed by atoms with Crippen LogP contribution in [0.3, 0.4) is 0 Å². The molecule has 0 spiro atoms. The highest BCUT2D eigenvalue weighted by Gasteiger charge is 2.17. The maximum absolute atomic E-state index is 6.00. The van der Waals surface area contributed by atoms with Gasteiger partial charge in [-0.15, -0.1) is 11.3 Å². The summed E-state index contributed by atoms with van der Waals surface area (Å²) in [7, 11) is 2.01. The summed E-state index contributed by atoms with van der Waals surface area (Å²) in [5.41, 5.74) is 12.6. The van der Waals surface area contributed by atoms with Crippen LogP contribution in [0.25, 0.3) is 10.2 Å². The minimum Gasteiger partial charge on any atom is -0.395 e. The SMILES string of the molecule is CC(C)N(C)n1c(N)c(N)c2ccsc21. The molecule has 2 heterocycles. The van der Waals surface area contributed by atoms with E-state index in [2.05, 4.69) is 18.9 Å². The number of hydrogen-bond acceptors (Lipinski definition) is 4. The zero-order valence-electron chi connectivity index (χ0n) is 9.19. The Balaban J connectivity index is 2.68. The average molecular weight is 224 g/mol. The van der Waals surface area contributed by atoms with Crippen molar-refractivity contribution in [1.29, 1.82) is 0 Å². The van der Waals surface area contributed by atoms with Crippen LogP contribution in [0.2, 0.25) is 0 Å². The molecule has 2 rings (SSSR count). The summed E-state index contributed by atoms with van der Waals surface area (Å²) in [6.45, 7) is 4.24. The normalized spacial score (nSPS) is 11.5. The molecule has 0 amide bonds. The lowest BCUT2D eigenvalue weighted by atomic mass is 10.3. The summed E-state index contributed by atoms with van der Waals surface area (Å²) in [4.78, 5) is 1.11. The zero-order valence-corrected chi connectivity index (χ0v) is 10.0. The Hall–Kier alpha value is -1.36. The van der Waals surface area contributed by atoms with E-state index in [4.69, 9.17) is 11.5 Å². The van der Waals surface area contributed by atoms with Crippen molar-refractivity contribution in [2.24, 2.45) is 0 Å². The molecule has 5 heteroatoms. The molecule has 2 aromatic heterocycles. The Morgan fingerprint density at radius 2 is 2.07 bits per heavy atom. The minimum absolute atomic E-state index is 0.379. The third-order valence-electron chi connectivity index (χ3n) is 2.69. The molecule has 4 N–H and O–H groups in total. The van der Waals surface area contributed by atoms with Gasteiger partial charge in [0.2, 0.25) is 0 Å². The van der Waals surface area contributed by atoms with E-state index in [0.29, 0.717) is 17.5 Å². The first kappa shape index (κ1) is 10.2. The van der Waals surface area contributed by atoms with Crippen LogP contribution in [0.1, 0.15) is 13.8 Å². The first-order chi connectivity index (χ1) is 7.04. The number of nitrogens with two attached hydrogens (primary N) is 2. The Kier molecular flexibility index (Phi) is 2.26. The van der Waals surface area contributed by atoms with Gasteiger partial charge in [-0.05, 0) is 25.3 Å². The molecular weight excluding hydrogens is 208 g/mol. The topological polar surface area (TPSA) is 60.2 Å². The van der Waals surface area contributed by atoms with Crippen LogP contribution in [-0.2, 0) is 0 Å². The van der Waals surface area contributed by atoms with Gasteiger partial charge in [0.05, 0.1) is 5.69 Å². The van der Waals surface area contributed by atoms with Crippen molar-refractivity contribution in [1.82, 2.24) is 4.68 Å². The number of aromatic nitrogens is 1. The van der Waals surface area contributed by atoms with Gasteiger partial charge in [-0.2, -0.15) is 0 Å². The first-order valence-corrected chi connectivity index (χ1v) is 5.78. The number of thiophene rings is 1. The van der Waals surface area contributed by atoms with E-state index in [1.54, 1.807) is 11.3 Å². The molecule has 0 fully saturated rings. The summed E-state index contributed by atoms with van der Waals surface area (Å²) in [6.07, 6.45) is 0. The van der Waals surface area contributed by atoms with Crippen LogP contribution in [0, 0.1) is 0 Å². The number of nitrogen functional groups attached to an aromatic ring is 2. The summed E-state index contributed by atoms with van der Waals surface area (Å²) < 4.78 is 1.99. The predicted octanol–water partition coefficient (Wildman–Crippen LogP) is 1.84.